The highest BCUT2D eigenvalue weighted by Crippen LogP contribution is 2.26. The maximum atomic E-state index is 10.9. The lowest BCUT2D eigenvalue weighted by molar-refractivity contribution is -0.142. The molecule has 3 heteroatoms. The van der Waals surface area contributed by atoms with Gasteiger partial charge in [-0.15, -0.1) is 0 Å². The number of aliphatic carboxylic acids is 1. The van der Waals surface area contributed by atoms with Crippen LogP contribution in [-0.2, 0) is 4.79 Å². The van der Waals surface area contributed by atoms with Crippen LogP contribution in [0.4, 0.5) is 0 Å². The van der Waals surface area contributed by atoms with Crippen molar-refractivity contribution < 1.29 is 9.90 Å². The van der Waals surface area contributed by atoms with E-state index in [-0.39, 0.29) is 5.92 Å². The number of hydrogen-bond acceptors (Lipinski definition) is 2. The molecule has 2 N–H and O–H groups in total. The summed E-state index contributed by atoms with van der Waals surface area (Å²) in [4.78, 5) is 10.9. The molecule has 2 fully saturated rings. The van der Waals surface area contributed by atoms with Crippen LogP contribution in [0.1, 0.15) is 64.2 Å². The van der Waals surface area contributed by atoms with Gasteiger partial charge in [0.05, 0.1) is 5.92 Å². The molecule has 0 aromatic carbocycles. The Labute approximate surface area is 104 Å². The third kappa shape index (κ3) is 3.98. The Balaban J connectivity index is 1.71. The predicted molar refractivity (Wildman–Crippen MR) is 68.0 cm³/mol. The molecular weight excluding hydrogens is 214 g/mol. The standard InChI is InChI=1S/C14H25NO2/c16-14(17)11-7-9-13(10-8-11)15-12-5-3-1-2-4-6-12/h11-13,15H,1-10H2,(H,16,17). The van der Waals surface area contributed by atoms with Crippen molar-refractivity contribution in [3.63, 3.8) is 0 Å². The summed E-state index contributed by atoms with van der Waals surface area (Å²) >= 11 is 0. The van der Waals surface area contributed by atoms with E-state index in [9.17, 15) is 4.79 Å². The van der Waals surface area contributed by atoms with E-state index in [1.54, 1.807) is 0 Å². The van der Waals surface area contributed by atoms with Gasteiger partial charge >= 0.3 is 5.97 Å². The van der Waals surface area contributed by atoms with Gasteiger partial charge in [0.2, 0.25) is 0 Å². The van der Waals surface area contributed by atoms with Crippen LogP contribution in [0.3, 0.4) is 0 Å². The van der Waals surface area contributed by atoms with Crippen LogP contribution in [0.25, 0.3) is 0 Å². The van der Waals surface area contributed by atoms with E-state index in [0.717, 1.165) is 25.7 Å². The number of hydrogen-bond donors (Lipinski definition) is 2. The molecule has 0 aliphatic heterocycles. The van der Waals surface area contributed by atoms with Crippen LogP contribution < -0.4 is 5.32 Å². The molecule has 2 aliphatic rings. The first-order valence-corrected chi connectivity index (χ1v) is 7.24. The van der Waals surface area contributed by atoms with Crippen molar-refractivity contribution in [2.75, 3.05) is 0 Å². The van der Waals surface area contributed by atoms with Crippen LogP contribution in [0.2, 0.25) is 0 Å². The number of carbonyl (C=O) groups is 1. The Morgan fingerprint density at radius 1 is 0.824 bits per heavy atom. The number of carboxylic acids is 1. The minimum atomic E-state index is -0.599. The lowest BCUT2D eigenvalue weighted by Gasteiger charge is -2.30. The molecule has 0 aromatic rings. The molecule has 0 unspecified atom stereocenters. The monoisotopic (exact) mass is 239 g/mol. The van der Waals surface area contributed by atoms with Gasteiger partial charge in [-0.05, 0) is 38.5 Å². The second kappa shape index (κ2) is 6.39. The zero-order valence-electron chi connectivity index (χ0n) is 10.7. The Kier molecular flexibility index (Phi) is 4.84. The zero-order chi connectivity index (χ0) is 12.1. The lowest BCUT2D eigenvalue weighted by Crippen LogP contribution is -2.41. The van der Waals surface area contributed by atoms with E-state index in [4.69, 9.17) is 5.11 Å². The molecule has 17 heavy (non-hydrogen) atoms. The first kappa shape index (κ1) is 12.9. The average molecular weight is 239 g/mol. The van der Waals surface area contributed by atoms with Gasteiger partial charge in [0.25, 0.3) is 0 Å². The number of rotatable bonds is 3. The third-order valence-electron chi connectivity index (χ3n) is 4.40. The largest absolute Gasteiger partial charge is 0.481 e. The summed E-state index contributed by atoms with van der Waals surface area (Å²) in [5, 5.41) is 12.7. The zero-order valence-corrected chi connectivity index (χ0v) is 10.7. The van der Waals surface area contributed by atoms with Crippen LogP contribution in [-0.4, -0.2) is 23.2 Å². The molecule has 2 aliphatic carbocycles. The molecule has 0 bridgehead atoms. The first-order valence-electron chi connectivity index (χ1n) is 7.24. The van der Waals surface area contributed by atoms with Crippen molar-refractivity contribution in [3.8, 4) is 0 Å². The normalized spacial score (nSPS) is 32.0. The molecule has 0 atom stereocenters. The maximum Gasteiger partial charge on any atom is 0.306 e. The van der Waals surface area contributed by atoms with E-state index in [0.29, 0.717) is 12.1 Å². The Bertz CT molecular complexity index is 239. The molecule has 2 saturated carbocycles. The minimum absolute atomic E-state index is 0.0813. The smallest absolute Gasteiger partial charge is 0.306 e. The summed E-state index contributed by atoms with van der Waals surface area (Å²) in [6, 6.07) is 1.28. The highest BCUT2D eigenvalue weighted by atomic mass is 16.4. The quantitative estimate of drug-likeness (QED) is 0.744. The minimum Gasteiger partial charge on any atom is -0.481 e. The van der Waals surface area contributed by atoms with Crippen LogP contribution >= 0.6 is 0 Å². The Hall–Kier alpha value is -0.570. The summed E-state index contributed by atoms with van der Waals surface area (Å²) in [5.74, 6) is -0.680. The van der Waals surface area contributed by atoms with E-state index in [1.807, 2.05) is 0 Å². The van der Waals surface area contributed by atoms with Crippen molar-refractivity contribution in [2.45, 2.75) is 76.3 Å². The molecule has 0 spiro atoms. The first-order chi connectivity index (χ1) is 8.25. The van der Waals surface area contributed by atoms with Gasteiger partial charge in [-0.3, -0.25) is 4.79 Å². The molecule has 0 amide bonds. The van der Waals surface area contributed by atoms with Crippen molar-refractivity contribution in [2.24, 2.45) is 5.92 Å². The van der Waals surface area contributed by atoms with E-state index < -0.39 is 5.97 Å². The van der Waals surface area contributed by atoms with Gasteiger partial charge in [-0.2, -0.15) is 0 Å². The van der Waals surface area contributed by atoms with Crippen molar-refractivity contribution in [1.29, 1.82) is 0 Å². The fourth-order valence-electron chi connectivity index (χ4n) is 3.29. The van der Waals surface area contributed by atoms with Gasteiger partial charge in [-0.25, -0.2) is 0 Å². The van der Waals surface area contributed by atoms with E-state index in [1.165, 1.54) is 38.5 Å². The molecule has 0 aromatic heterocycles. The second-order valence-electron chi connectivity index (χ2n) is 5.74. The maximum absolute atomic E-state index is 10.9. The van der Waals surface area contributed by atoms with E-state index in [2.05, 4.69) is 5.32 Å². The molecule has 98 valence electrons. The molecular formula is C14H25NO2. The second-order valence-corrected chi connectivity index (χ2v) is 5.74. The lowest BCUT2D eigenvalue weighted by atomic mass is 9.85. The number of nitrogens with one attached hydrogen (secondary N) is 1. The Morgan fingerprint density at radius 3 is 1.88 bits per heavy atom. The van der Waals surface area contributed by atoms with Gasteiger partial charge in [0.15, 0.2) is 0 Å². The fourth-order valence-corrected chi connectivity index (χ4v) is 3.29. The fraction of sp³-hybridized carbons (Fsp3) is 0.929. The highest BCUT2D eigenvalue weighted by molar-refractivity contribution is 5.70. The van der Waals surface area contributed by atoms with Gasteiger partial charge in [0, 0.05) is 12.1 Å². The van der Waals surface area contributed by atoms with Crippen molar-refractivity contribution in [3.05, 3.63) is 0 Å². The summed E-state index contributed by atoms with van der Waals surface area (Å²) in [5.41, 5.74) is 0. The van der Waals surface area contributed by atoms with Crippen LogP contribution in [0, 0.1) is 5.92 Å². The van der Waals surface area contributed by atoms with Crippen molar-refractivity contribution in [1.82, 2.24) is 5.32 Å². The molecule has 3 nitrogen and oxygen atoms in total. The number of carboxylic acid groups (broad SMARTS) is 1. The predicted octanol–water partition coefficient (Wildman–Crippen LogP) is 2.94. The van der Waals surface area contributed by atoms with Crippen LogP contribution in [0.5, 0.6) is 0 Å². The van der Waals surface area contributed by atoms with Gasteiger partial charge in [0.1, 0.15) is 0 Å². The summed E-state index contributed by atoms with van der Waals surface area (Å²) in [6.45, 7) is 0. The van der Waals surface area contributed by atoms with Gasteiger partial charge in [-0.1, -0.05) is 25.7 Å². The molecule has 0 heterocycles. The SMILES string of the molecule is O=C(O)C1CCC(NC2CCCCCC2)CC1. The summed E-state index contributed by atoms with van der Waals surface area (Å²) in [6.07, 6.45) is 12.0. The van der Waals surface area contributed by atoms with Gasteiger partial charge < -0.3 is 10.4 Å². The molecule has 0 radical (unpaired) electrons. The van der Waals surface area contributed by atoms with Crippen LogP contribution in [0.15, 0.2) is 0 Å². The molecule has 0 saturated heterocycles. The molecule has 2 rings (SSSR count). The highest BCUT2D eigenvalue weighted by Gasteiger charge is 2.27. The summed E-state index contributed by atoms with van der Waals surface area (Å²) < 4.78 is 0. The van der Waals surface area contributed by atoms with E-state index >= 15 is 0 Å². The Morgan fingerprint density at radius 2 is 1.35 bits per heavy atom. The van der Waals surface area contributed by atoms with Crippen molar-refractivity contribution >= 4 is 5.97 Å². The third-order valence-corrected chi connectivity index (χ3v) is 4.40. The topological polar surface area (TPSA) is 49.3 Å². The average Bonchev–Trinajstić information content (AvgIpc) is 2.58. The summed E-state index contributed by atoms with van der Waals surface area (Å²) in [7, 11) is 0.